The van der Waals surface area contributed by atoms with Crippen molar-refractivity contribution in [1.29, 1.82) is 5.26 Å². The largest absolute Gasteiger partial charge is 0.505 e. The van der Waals surface area contributed by atoms with Crippen LogP contribution in [0.5, 0.6) is 5.75 Å². The van der Waals surface area contributed by atoms with E-state index in [1.165, 1.54) is 6.07 Å². The van der Waals surface area contributed by atoms with Crippen LogP contribution in [0.1, 0.15) is 43.7 Å². The Morgan fingerprint density at radius 3 is 2.56 bits per heavy atom. The molecule has 6 heteroatoms. The maximum atomic E-state index is 12.2. The zero-order chi connectivity index (χ0) is 18.4. The topological polar surface area (TPSA) is 85.2 Å². The number of nitrogens with zero attached hydrogens (tertiary/aromatic N) is 1. The smallest absolute Gasteiger partial charge is 0.323 e. The fourth-order valence-electron chi connectivity index (χ4n) is 2.72. The Hall–Kier alpha value is -2.52. The highest BCUT2D eigenvalue weighted by molar-refractivity contribution is 9.10. The quantitative estimate of drug-likeness (QED) is 0.572. The first-order valence-corrected chi connectivity index (χ1v) is 8.85. The average Bonchev–Trinajstić information content (AvgIpc) is 2.58. The minimum Gasteiger partial charge on any atom is -0.505 e. The average molecular weight is 402 g/mol. The number of para-hydroxylation sites is 1. The molecular formula is C19H20BrN3O2. The number of anilines is 2. The molecule has 3 N–H and O–H groups in total. The van der Waals surface area contributed by atoms with Crippen LogP contribution in [0.4, 0.5) is 16.2 Å². The first kappa shape index (κ1) is 18.8. The lowest BCUT2D eigenvalue weighted by atomic mass is 9.91. The number of urea groups is 1. The van der Waals surface area contributed by atoms with Gasteiger partial charge in [0, 0.05) is 10.0 Å². The number of halogens is 1. The number of phenolic OH excluding ortho intramolecular Hbond substituents is 1. The zero-order valence-corrected chi connectivity index (χ0v) is 15.7. The summed E-state index contributed by atoms with van der Waals surface area (Å²) >= 11 is 3.36. The van der Waals surface area contributed by atoms with Crippen LogP contribution in [0.15, 0.2) is 40.9 Å². The van der Waals surface area contributed by atoms with E-state index in [0.717, 1.165) is 17.3 Å². The number of rotatable bonds is 5. The fraction of sp³-hybridized carbons (Fsp3) is 0.263. The molecular weight excluding hydrogens is 382 g/mol. The van der Waals surface area contributed by atoms with Gasteiger partial charge < -0.3 is 15.7 Å². The van der Waals surface area contributed by atoms with E-state index in [9.17, 15) is 15.2 Å². The van der Waals surface area contributed by atoms with Crippen molar-refractivity contribution in [2.45, 2.75) is 32.6 Å². The summed E-state index contributed by atoms with van der Waals surface area (Å²) in [6.45, 7) is 4.01. The fourth-order valence-corrected chi connectivity index (χ4v) is 3.10. The van der Waals surface area contributed by atoms with Crippen molar-refractivity contribution in [3.63, 3.8) is 0 Å². The molecule has 2 aromatic rings. The predicted molar refractivity (Wildman–Crippen MR) is 103 cm³/mol. The number of hydrogen-bond acceptors (Lipinski definition) is 3. The van der Waals surface area contributed by atoms with E-state index in [2.05, 4.69) is 32.6 Å². The lowest BCUT2D eigenvalue weighted by molar-refractivity contribution is 0.262. The summed E-state index contributed by atoms with van der Waals surface area (Å²) in [6, 6.07) is 12.0. The van der Waals surface area contributed by atoms with Crippen molar-refractivity contribution in [1.82, 2.24) is 0 Å². The second-order valence-corrected chi connectivity index (χ2v) is 6.64. The highest BCUT2D eigenvalue weighted by atomic mass is 79.9. The Morgan fingerprint density at radius 1 is 1.24 bits per heavy atom. The van der Waals surface area contributed by atoms with Gasteiger partial charge in [-0.15, -0.1) is 0 Å². The molecule has 2 aromatic carbocycles. The Bertz CT molecular complexity index is 815. The molecule has 0 aliphatic rings. The van der Waals surface area contributed by atoms with Crippen LogP contribution < -0.4 is 10.6 Å². The standard InChI is InChI=1S/C19H20BrN3O2/c1-3-6-12(2)17-13(11-21)9-10-16(18(17)24)23-19(25)22-15-8-5-4-7-14(15)20/h4-5,7-10,12,24H,3,6H2,1-2H3,(H2,22,23,25). The van der Waals surface area contributed by atoms with Crippen molar-refractivity contribution in [2.24, 2.45) is 0 Å². The molecule has 0 spiro atoms. The second-order valence-electron chi connectivity index (χ2n) is 5.78. The molecule has 2 rings (SSSR count). The van der Waals surface area contributed by atoms with Crippen LogP contribution >= 0.6 is 15.9 Å². The molecule has 0 saturated heterocycles. The summed E-state index contributed by atoms with van der Waals surface area (Å²) < 4.78 is 0.756. The Morgan fingerprint density at radius 2 is 1.92 bits per heavy atom. The van der Waals surface area contributed by atoms with Crippen molar-refractivity contribution in [2.75, 3.05) is 10.6 Å². The van der Waals surface area contributed by atoms with Crippen molar-refractivity contribution in [3.8, 4) is 11.8 Å². The SMILES string of the molecule is CCCC(C)c1c(C#N)ccc(NC(=O)Nc2ccccc2Br)c1O. The van der Waals surface area contributed by atoms with Gasteiger partial charge in [-0.3, -0.25) is 0 Å². The minimum atomic E-state index is -0.471. The number of nitriles is 1. The molecule has 0 radical (unpaired) electrons. The number of carbonyl (C=O) groups excluding carboxylic acids is 1. The van der Waals surface area contributed by atoms with Gasteiger partial charge in [0.1, 0.15) is 5.75 Å². The van der Waals surface area contributed by atoms with E-state index in [4.69, 9.17) is 0 Å². The molecule has 0 aliphatic heterocycles. The van der Waals surface area contributed by atoms with Crippen LogP contribution in [0.25, 0.3) is 0 Å². The Balaban J connectivity index is 2.25. The summed E-state index contributed by atoms with van der Waals surface area (Å²) in [4.78, 5) is 12.2. The van der Waals surface area contributed by atoms with E-state index in [-0.39, 0.29) is 17.4 Å². The predicted octanol–water partition coefficient (Wildman–Crippen LogP) is 5.57. The third-order valence-corrected chi connectivity index (χ3v) is 4.61. The van der Waals surface area contributed by atoms with E-state index in [0.29, 0.717) is 16.8 Å². The van der Waals surface area contributed by atoms with Crippen molar-refractivity contribution >= 4 is 33.3 Å². The van der Waals surface area contributed by atoms with Crippen molar-refractivity contribution < 1.29 is 9.90 Å². The molecule has 0 fully saturated rings. The first-order valence-electron chi connectivity index (χ1n) is 8.06. The maximum Gasteiger partial charge on any atom is 0.323 e. The third-order valence-electron chi connectivity index (χ3n) is 3.92. The van der Waals surface area contributed by atoms with Gasteiger partial charge in [-0.1, -0.05) is 32.4 Å². The highest BCUT2D eigenvalue weighted by Gasteiger charge is 2.19. The monoisotopic (exact) mass is 401 g/mol. The van der Waals surface area contributed by atoms with Crippen LogP contribution in [0.2, 0.25) is 0 Å². The maximum absolute atomic E-state index is 12.2. The molecule has 2 amide bonds. The van der Waals surface area contributed by atoms with Crippen LogP contribution in [0, 0.1) is 11.3 Å². The van der Waals surface area contributed by atoms with E-state index in [1.54, 1.807) is 12.1 Å². The molecule has 0 bridgehead atoms. The van der Waals surface area contributed by atoms with E-state index < -0.39 is 6.03 Å². The zero-order valence-electron chi connectivity index (χ0n) is 14.1. The van der Waals surface area contributed by atoms with Gasteiger partial charge in [-0.2, -0.15) is 5.26 Å². The Labute approximate surface area is 155 Å². The normalized spacial score (nSPS) is 11.4. The lowest BCUT2D eigenvalue weighted by Gasteiger charge is -2.17. The van der Waals surface area contributed by atoms with Crippen LogP contribution in [-0.2, 0) is 0 Å². The molecule has 130 valence electrons. The summed E-state index contributed by atoms with van der Waals surface area (Å²) in [7, 11) is 0. The molecule has 0 aliphatic carbocycles. The molecule has 0 aromatic heterocycles. The summed E-state index contributed by atoms with van der Waals surface area (Å²) in [6.07, 6.45) is 1.78. The highest BCUT2D eigenvalue weighted by Crippen LogP contribution is 2.37. The number of phenols is 1. The molecule has 25 heavy (non-hydrogen) atoms. The number of nitrogens with one attached hydrogen (secondary N) is 2. The summed E-state index contributed by atoms with van der Waals surface area (Å²) in [5.41, 5.74) is 1.90. The summed E-state index contributed by atoms with van der Waals surface area (Å²) in [5, 5.41) is 25.2. The van der Waals surface area contributed by atoms with Gasteiger partial charge in [0.2, 0.25) is 0 Å². The number of aromatic hydroxyl groups is 1. The van der Waals surface area contributed by atoms with E-state index >= 15 is 0 Å². The number of amides is 2. The summed E-state index contributed by atoms with van der Waals surface area (Å²) in [5.74, 6) is -0.0324. The number of carbonyl (C=O) groups is 1. The molecule has 0 heterocycles. The molecule has 1 unspecified atom stereocenters. The van der Waals surface area contributed by atoms with Crippen LogP contribution in [-0.4, -0.2) is 11.1 Å². The molecule has 5 nitrogen and oxygen atoms in total. The first-order chi connectivity index (χ1) is 12.0. The molecule has 1 atom stereocenters. The van der Waals surface area contributed by atoms with Gasteiger partial charge in [0.25, 0.3) is 0 Å². The Kier molecular flexibility index (Phi) is 6.43. The second kappa shape index (κ2) is 8.54. The number of hydrogen-bond donors (Lipinski definition) is 3. The lowest BCUT2D eigenvalue weighted by Crippen LogP contribution is -2.20. The molecule has 0 saturated carbocycles. The third kappa shape index (κ3) is 4.52. The van der Waals surface area contributed by atoms with Gasteiger partial charge in [0.05, 0.1) is 23.0 Å². The van der Waals surface area contributed by atoms with E-state index in [1.807, 2.05) is 32.0 Å². The van der Waals surface area contributed by atoms with Gasteiger partial charge >= 0.3 is 6.03 Å². The van der Waals surface area contributed by atoms with Gasteiger partial charge in [-0.05, 0) is 52.5 Å². The van der Waals surface area contributed by atoms with Gasteiger partial charge in [0.15, 0.2) is 0 Å². The number of benzene rings is 2. The van der Waals surface area contributed by atoms with Gasteiger partial charge in [-0.25, -0.2) is 4.79 Å². The van der Waals surface area contributed by atoms with Crippen LogP contribution in [0.3, 0.4) is 0 Å². The minimum absolute atomic E-state index is 0.0210. The van der Waals surface area contributed by atoms with Crippen molar-refractivity contribution in [3.05, 3.63) is 52.0 Å².